The van der Waals surface area contributed by atoms with E-state index in [4.69, 9.17) is 0 Å². The number of aromatic nitrogens is 4. The van der Waals surface area contributed by atoms with Gasteiger partial charge in [-0.05, 0) is 37.4 Å². The summed E-state index contributed by atoms with van der Waals surface area (Å²) >= 11 is 0. The van der Waals surface area contributed by atoms with Gasteiger partial charge >= 0.3 is 0 Å². The number of hydrogen-bond acceptors (Lipinski definition) is 2. The van der Waals surface area contributed by atoms with Crippen molar-refractivity contribution in [3.63, 3.8) is 0 Å². The molecule has 0 atom stereocenters. The van der Waals surface area contributed by atoms with E-state index >= 15 is 0 Å². The third-order valence-corrected chi connectivity index (χ3v) is 4.60. The topological polar surface area (TPSA) is 35.6 Å². The van der Waals surface area contributed by atoms with Crippen LogP contribution in [0.4, 0.5) is 0 Å². The molecule has 0 saturated heterocycles. The van der Waals surface area contributed by atoms with Crippen LogP contribution in [-0.2, 0) is 27.2 Å². The fourth-order valence-electron chi connectivity index (χ4n) is 3.25. The van der Waals surface area contributed by atoms with Crippen LogP contribution in [0.25, 0.3) is 28.1 Å². The van der Waals surface area contributed by atoms with Gasteiger partial charge in [-0.2, -0.15) is 0 Å². The minimum absolute atomic E-state index is 0. The van der Waals surface area contributed by atoms with Crippen LogP contribution in [0.2, 0.25) is 0 Å². The fourth-order valence-corrected chi connectivity index (χ4v) is 3.25. The number of fused-ring (bicyclic) bond motifs is 1. The molecule has 0 N–H and O–H groups in total. The molecule has 5 heteroatoms. The largest absolute Gasteiger partial charge is 0.349 e. The van der Waals surface area contributed by atoms with Crippen molar-refractivity contribution in [2.24, 2.45) is 7.05 Å². The molecule has 0 amide bonds. The van der Waals surface area contributed by atoms with Gasteiger partial charge in [0.05, 0.1) is 11.6 Å². The Morgan fingerprint density at radius 3 is 2.52 bits per heavy atom. The molecule has 0 aliphatic heterocycles. The van der Waals surface area contributed by atoms with Gasteiger partial charge in [-0.1, -0.05) is 18.2 Å². The van der Waals surface area contributed by atoms with E-state index in [0.29, 0.717) is 0 Å². The van der Waals surface area contributed by atoms with E-state index in [0.717, 1.165) is 28.2 Å². The Balaban J connectivity index is 0.00000182. The number of imidazole rings is 2. The SMILES string of the molecule is Cc1cccc(C)c1-n1ccnc1-c1[c-]cc2nc(C)n(C)c2c1.[Ir]. The van der Waals surface area contributed by atoms with E-state index < -0.39 is 0 Å². The summed E-state index contributed by atoms with van der Waals surface area (Å²) in [6.45, 7) is 6.27. The number of para-hydroxylation sites is 1. The van der Waals surface area contributed by atoms with Crippen LogP contribution >= 0.6 is 0 Å². The van der Waals surface area contributed by atoms with Crippen molar-refractivity contribution in [3.05, 3.63) is 65.7 Å². The Morgan fingerprint density at radius 1 is 1.08 bits per heavy atom. The minimum atomic E-state index is 0. The number of hydrogen-bond donors (Lipinski definition) is 0. The van der Waals surface area contributed by atoms with Crippen LogP contribution in [0.3, 0.4) is 0 Å². The normalized spacial score (nSPS) is 10.9. The summed E-state index contributed by atoms with van der Waals surface area (Å²) in [6, 6.07) is 13.7. The molecule has 0 bridgehead atoms. The van der Waals surface area contributed by atoms with Crippen molar-refractivity contribution in [2.75, 3.05) is 0 Å². The molecule has 2 heterocycles. The third-order valence-electron chi connectivity index (χ3n) is 4.60. The van der Waals surface area contributed by atoms with Crippen molar-refractivity contribution in [3.8, 4) is 17.1 Å². The summed E-state index contributed by atoms with van der Waals surface area (Å²) < 4.78 is 4.24. The van der Waals surface area contributed by atoms with Gasteiger partial charge < -0.3 is 9.13 Å². The summed E-state index contributed by atoms with van der Waals surface area (Å²) in [5, 5.41) is 0. The molecule has 2 aromatic carbocycles. The number of nitrogens with zero attached hydrogens (tertiary/aromatic N) is 4. The molecule has 0 unspecified atom stereocenters. The first kappa shape index (κ1) is 17.6. The molecule has 0 aliphatic rings. The van der Waals surface area contributed by atoms with Crippen LogP contribution in [0.15, 0.2) is 42.7 Å². The Kier molecular flexibility index (Phi) is 4.63. The van der Waals surface area contributed by atoms with Crippen LogP contribution in [0.5, 0.6) is 0 Å². The van der Waals surface area contributed by atoms with Gasteiger partial charge in [0.25, 0.3) is 0 Å². The molecule has 0 saturated carbocycles. The maximum Gasteiger partial charge on any atom is 0.0941 e. The standard InChI is InChI=1S/C20H19N4.Ir/c1-13-6-5-7-14(2)19(13)24-11-10-21-20(24)16-8-9-17-18(12-16)23(4)15(3)22-17;/h5-7,9-12H,1-4H3;/q-1;. The zero-order chi connectivity index (χ0) is 16.8. The van der Waals surface area contributed by atoms with Crippen molar-refractivity contribution < 1.29 is 20.1 Å². The maximum absolute atomic E-state index is 4.59. The Labute approximate surface area is 160 Å². The number of benzene rings is 2. The van der Waals surface area contributed by atoms with Crippen molar-refractivity contribution in [1.82, 2.24) is 19.1 Å². The van der Waals surface area contributed by atoms with Gasteiger partial charge in [-0.25, -0.2) is 0 Å². The van der Waals surface area contributed by atoms with Crippen LogP contribution in [0.1, 0.15) is 17.0 Å². The van der Waals surface area contributed by atoms with E-state index in [9.17, 15) is 0 Å². The predicted molar refractivity (Wildman–Crippen MR) is 96.3 cm³/mol. The molecule has 4 rings (SSSR count). The Bertz CT molecular complexity index is 1040. The van der Waals surface area contributed by atoms with Crippen LogP contribution in [0, 0.1) is 26.8 Å². The first-order chi connectivity index (χ1) is 11.6. The van der Waals surface area contributed by atoms with Gasteiger partial charge in [-0.15, -0.1) is 23.8 Å². The molecule has 2 aromatic heterocycles. The Hall–Kier alpha value is -2.23. The third kappa shape index (κ3) is 2.84. The second kappa shape index (κ2) is 6.58. The Morgan fingerprint density at radius 2 is 1.80 bits per heavy atom. The molecular formula is C20H19IrN4-. The second-order valence-corrected chi connectivity index (χ2v) is 6.20. The maximum atomic E-state index is 4.59. The molecule has 4 nitrogen and oxygen atoms in total. The summed E-state index contributed by atoms with van der Waals surface area (Å²) in [7, 11) is 2.03. The van der Waals surface area contributed by atoms with Gasteiger partial charge in [0.15, 0.2) is 0 Å². The molecule has 0 fully saturated rings. The van der Waals surface area contributed by atoms with E-state index in [1.807, 2.05) is 32.4 Å². The molecule has 1 radical (unpaired) electrons. The van der Waals surface area contributed by atoms with Crippen molar-refractivity contribution >= 4 is 11.0 Å². The minimum Gasteiger partial charge on any atom is -0.349 e. The van der Waals surface area contributed by atoms with E-state index in [1.54, 1.807) is 0 Å². The van der Waals surface area contributed by atoms with Gasteiger partial charge in [0.1, 0.15) is 0 Å². The quantitative estimate of drug-likeness (QED) is 0.382. The van der Waals surface area contributed by atoms with Crippen LogP contribution < -0.4 is 0 Å². The molecule has 0 aliphatic carbocycles. The zero-order valence-corrected chi connectivity index (χ0v) is 17.1. The van der Waals surface area contributed by atoms with E-state index in [1.165, 1.54) is 16.8 Å². The zero-order valence-electron chi connectivity index (χ0n) is 14.7. The van der Waals surface area contributed by atoms with Gasteiger partial charge in [0, 0.05) is 50.8 Å². The van der Waals surface area contributed by atoms with E-state index in [2.05, 4.69) is 63.3 Å². The fraction of sp³-hybridized carbons (Fsp3) is 0.200. The van der Waals surface area contributed by atoms with Crippen molar-refractivity contribution in [1.29, 1.82) is 0 Å². The summed E-state index contributed by atoms with van der Waals surface area (Å²) in [4.78, 5) is 9.14. The summed E-state index contributed by atoms with van der Waals surface area (Å²) in [5.41, 5.74) is 6.66. The molecule has 25 heavy (non-hydrogen) atoms. The van der Waals surface area contributed by atoms with E-state index in [-0.39, 0.29) is 20.1 Å². The van der Waals surface area contributed by atoms with Gasteiger partial charge in [-0.3, -0.25) is 9.97 Å². The molecule has 129 valence electrons. The predicted octanol–water partition coefficient (Wildman–Crippen LogP) is 4.15. The first-order valence-electron chi connectivity index (χ1n) is 8.01. The van der Waals surface area contributed by atoms with Gasteiger partial charge in [0.2, 0.25) is 0 Å². The molecular weight excluding hydrogens is 488 g/mol. The first-order valence-corrected chi connectivity index (χ1v) is 8.01. The second-order valence-electron chi connectivity index (χ2n) is 6.20. The smallest absolute Gasteiger partial charge is 0.0941 e. The molecule has 4 aromatic rings. The molecule has 0 spiro atoms. The van der Waals surface area contributed by atoms with Crippen molar-refractivity contribution in [2.45, 2.75) is 20.8 Å². The average Bonchev–Trinajstić information content (AvgIpc) is 3.13. The average molecular weight is 508 g/mol. The number of aryl methyl sites for hydroxylation is 4. The number of rotatable bonds is 2. The van der Waals surface area contributed by atoms with Crippen LogP contribution in [-0.4, -0.2) is 19.1 Å². The monoisotopic (exact) mass is 508 g/mol. The summed E-state index contributed by atoms with van der Waals surface area (Å²) in [6.07, 6.45) is 3.85. The summed E-state index contributed by atoms with van der Waals surface area (Å²) in [5.74, 6) is 1.89.